The van der Waals surface area contributed by atoms with Crippen LogP contribution in [0, 0.1) is 0 Å². The van der Waals surface area contributed by atoms with Gasteiger partial charge in [-0.05, 0) is 54.2 Å². The van der Waals surface area contributed by atoms with Crippen molar-refractivity contribution < 1.29 is 14.3 Å². The van der Waals surface area contributed by atoms with E-state index in [1.165, 1.54) is 0 Å². The van der Waals surface area contributed by atoms with E-state index >= 15 is 0 Å². The fourth-order valence-corrected chi connectivity index (χ4v) is 5.19. The van der Waals surface area contributed by atoms with Crippen LogP contribution in [0.2, 0.25) is 0 Å². The Hall–Kier alpha value is -5.11. The fourth-order valence-electron chi connectivity index (χ4n) is 5.19. The second-order valence-corrected chi connectivity index (χ2v) is 10.4. The average molecular weight is 578 g/mol. The third kappa shape index (κ3) is 8.45. The van der Waals surface area contributed by atoms with Gasteiger partial charge in [0.2, 0.25) is 11.8 Å². The molecule has 0 aliphatic heterocycles. The highest BCUT2D eigenvalue weighted by atomic mass is 16.5. The number of hydrogen-bond acceptors (Lipinski definition) is 4. The third-order valence-corrected chi connectivity index (χ3v) is 7.39. The highest BCUT2D eigenvalue weighted by Crippen LogP contribution is 2.34. The Kier molecular flexibility index (Phi) is 10.9. The van der Waals surface area contributed by atoms with Crippen molar-refractivity contribution >= 4 is 17.8 Å². The molecule has 2 amide bonds. The molecule has 4 rings (SSSR count). The molecule has 0 bridgehead atoms. The Morgan fingerprint density at radius 1 is 0.744 bits per heavy atom. The first-order valence-electron chi connectivity index (χ1n) is 14.4. The van der Waals surface area contributed by atoms with Crippen LogP contribution in [0.4, 0.5) is 0 Å². The molecule has 0 spiro atoms. The van der Waals surface area contributed by atoms with Crippen molar-refractivity contribution in [1.82, 2.24) is 4.90 Å². The molecule has 0 heterocycles. The molecule has 6 N–H and O–H groups in total. The van der Waals surface area contributed by atoms with Crippen molar-refractivity contribution in [3.63, 3.8) is 0 Å². The zero-order valence-electron chi connectivity index (χ0n) is 24.4. The molecule has 0 aromatic heterocycles. The van der Waals surface area contributed by atoms with E-state index in [1.807, 2.05) is 122 Å². The van der Waals surface area contributed by atoms with Gasteiger partial charge in [-0.3, -0.25) is 14.6 Å². The number of hydrogen-bond donors (Lipinski definition) is 3. The molecular formula is C35H39N5O3. The van der Waals surface area contributed by atoms with Crippen LogP contribution in [0.5, 0.6) is 5.75 Å². The molecule has 8 nitrogen and oxygen atoms in total. The van der Waals surface area contributed by atoms with E-state index in [0.29, 0.717) is 31.7 Å². The van der Waals surface area contributed by atoms with Crippen LogP contribution >= 0.6 is 0 Å². The van der Waals surface area contributed by atoms with Gasteiger partial charge in [0.25, 0.3) is 0 Å². The minimum atomic E-state index is -0.888. The van der Waals surface area contributed by atoms with Crippen LogP contribution in [-0.4, -0.2) is 35.3 Å². The van der Waals surface area contributed by atoms with Gasteiger partial charge in [0.1, 0.15) is 18.4 Å². The zero-order valence-corrected chi connectivity index (χ0v) is 24.4. The van der Waals surface area contributed by atoms with Gasteiger partial charge >= 0.3 is 0 Å². The van der Waals surface area contributed by atoms with Crippen molar-refractivity contribution in [2.24, 2.45) is 22.2 Å². The minimum absolute atomic E-state index is 0.0280. The number of carbonyl (C=O) groups excluding carboxylic acids is 2. The quantitative estimate of drug-likeness (QED) is 0.111. The van der Waals surface area contributed by atoms with Crippen LogP contribution in [0.25, 0.3) is 0 Å². The number of ether oxygens (including phenoxy) is 1. The lowest BCUT2D eigenvalue weighted by Crippen LogP contribution is -2.50. The van der Waals surface area contributed by atoms with Gasteiger partial charge < -0.3 is 26.8 Å². The fraction of sp³-hybridized carbons (Fsp3) is 0.229. The average Bonchev–Trinajstić information content (AvgIpc) is 3.03. The lowest BCUT2D eigenvalue weighted by atomic mass is 9.88. The number of nitrogens with two attached hydrogens (primary N) is 3. The second kappa shape index (κ2) is 15.2. The number of carbonyl (C=O) groups is 2. The topological polar surface area (TPSA) is 137 Å². The lowest BCUT2D eigenvalue weighted by Gasteiger charge is -2.38. The summed E-state index contributed by atoms with van der Waals surface area (Å²) >= 11 is 0. The molecular weight excluding hydrogens is 538 g/mol. The Morgan fingerprint density at radius 2 is 1.28 bits per heavy atom. The van der Waals surface area contributed by atoms with E-state index in [1.54, 1.807) is 4.90 Å². The number of benzene rings is 4. The molecule has 0 fully saturated rings. The lowest BCUT2D eigenvalue weighted by molar-refractivity contribution is -0.142. The number of guanidine groups is 1. The van der Waals surface area contributed by atoms with Crippen LogP contribution in [0.3, 0.4) is 0 Å². The molecule has 0 aliphatic rings. The van der Waals surface area contributed by atoms with E-state index in [9.17, 15) is 9.59 Å². The van der Waals surface area contributed by atoms with Crippen molar-refractivity contribution in [3.8, 4) is 5.75 Å². The molecule has 0 unspecified atom stereocenters. The van der Waals surface area contributed by atoms with Crippen molar-refractivity contribution in [2.45, 2.75) is 44.4 Å². The third-order valence-electron chi connectivity index (χ3n) is 7.39. The normalized spacial score (nSPS) is 12.2. The summed E-state index contributed by atoms with van der Waals surface area (Å²) in [6, 6.07) is 35.3. The van der Waals surface area contributed by atoms with E-state index in [4.69, 9.17) is 21.9 Å². The summed E-state index contributed by atoms with van der Waals surface area (Å²) in [5, 5.41) is 0. The van der Waals surface area contributed by atoms with Gasteiger partial charge in [0.15, 0.2) is 5.96 Å². The van der Waals surface area contributed by atoms with Gasteiger partial charge in [-0.1, -0.05) is 103 Å². The van der Waals surface area contributed by atoms with E-state index in [2.05, 4.69) is 4.99 Å². The summed E-state index contributed by atoms with van der Waals surface area (Å²) in [5.41, 5.74) is 20.5. The number of amides is 2. The monoisotopic (exact) mass is 577 g/mol. The Bertz CT molecular complexity index is 1440. The highest BCUT2D eigenvalue weighted by molar-refractivity contribution is 5.92. The molecule has 0 radical (unpaired) electrons. The van der Waals surface area contributed by atoms with Gasteiger partial charge in [-0.15, -0.1) is 0 Å². The van der Waals surface area contributed by atoms with Crippen molar-refractivity contribution in [2.75, 3.05) is 6.54 Å². The molecule has 2 atom stereocenters. The number of nitrogens with zero attached hydrogens (tertiary/aromatic N) is 2. The molecule has 0 saturated carbocycles. The molecule has 4 aromatic rings. The first kappa shape index (κ1) is 30.8. The molecule has 4 aromatic carbocycles. The first-order chi connectivity index (χ1) is 20.8. The Labute approximate surface area is 253 Å². The summed E-state index contributed by atoms with van der Waals surface area (Å²) < 4.78 is 5.97. The van der Waals surface area contributed by atoms with Crippen LogP contribution in [-0.2, 0) is 16.2 Å². The maximum absolute atomic E-state index is 14.7. The van der Waals surface area contributed by atoms with E-state index in [-0.39, 0.29) is 11.9 Å². The summed E-state index contributed by atoms with van der Waals surface area (Å²) in [6.07, 6.45) is 0.770. The van der Waals surface area contributed by atoms with E-state index in [0.717, 1.165) is 22.3 Å². The molecule has 0 aliphatic carbocycles. The van der Waals surface area contributed by atoms with Crippen LogP contribution < -0.4 is 21.9 Å². The molecule has 0 saturated heterocycles. The van der Waals surface area contributed by atoms with Crippen molar-refractivity contribution in [3.05, 3.63) is 138 Å². The summed E-state index contributed by atoms with van der Waals surface area (Å²) in [7, 11) is 0. The summed E-state index contributed by atoms with van der Waals surface area (Å²) in [6.45, 7) is 2.67. The maximum atomic E-state index is 14.7. The second-order valence-electron chi connectivity index (χ2n) is 10.4. The largest absolute Gasteiger partial charge is 0.489 e. The standard InChI is InChI=1S/C35H39N5O3/c1-25(27-19-21-30(22-20-27)43-24-26-12-5-2-6-13-26)40(31(33(36)41)18-11-23-39-35(37)38)34(42)32(28-14-7-3-8-15-28)29-16-9-4-10-17-29/h2-10,12-17,19-22,25,31-32H,11,18,23-24H2,1H3,(H2,36,41)(H4,37,38,39)/t25-,31-/m1/s1. The zero-order chi connectivity index (χ0) is 30.6. The van der Waals surface area contributed by atoms with Gasteiger partial charge in [-0.2, -0.15) is 0 Å². The highest BCUT2D eigenvalue weighted by Gasteiger charge is 2.37. The summed E-state index contributed by atoms with van der Waals surface area (Å²) in [4.78, 5) is 33.4. The first-order valence-corrected chi connectivity index (χ1v) is 14.4. The molecule has 43 heavy (non-hydrogen) atoms. The SMILES string of the molecule is C[C@H](c1ccc(OCc2ccccc2)cc1)N(C(=O)C(c1ccccc1)c1ccccc1)[C@H](CCCN=C(N)N)C(N)=O. The number of primary amides is 1. The predicted molar refractivity (Wildman–Crippen MR) is 170 cm³/mol. The van der Waals surface area contributed by atoms with E-state index < -0.39 is 23.9 Å². The van der Waals surface area contributed by atoms with Crippen molar-refractivity contribution in [1.29, 1.82) is 0 Å². The molecule has 222 valence electrons. The van der Waals surface area contributed by atoms with Gasteiger partial charge in [0, 0.05) is 6.54 Å². The number of aliphatic imine (C=N–C) groups is 1. The van der Waals surface area contributed by atoms with Crippen LogP contribution in [0.15, 0.2) is 120 Å². The minimum Gasteiger partial charge on any atom is -0.489 e. The molecule has 8 heteroatoms. The van der Waals surface area contributed by atoms with Gasteiger partial charge in [0.05, 0.1) is 12.0 Å². The Morgan fingerprint density at radius 3 is 1.79 bits per heavy atom. The maximum Gasteiger partial charge on any atom is 0.240 e. The van der Waals surface area contributed by atoms with Gasteiger partial charge in [-0.25, -0.2) is 0 Å². The predicted octanol–water partition coefficient (Wildman–Crippen LogP) is 4.89. The smallest absolute Gasteiger partial charge is 0.240 e. The Balaban J connectivity index is 1.68. The van der Waals surface area contributed by atoms with Crippen LogP contribution in [0.1, 0.15) is 54.0 Å². The number of rotatable bonds is 14. The summed E-state index contributed by atoms with van der Waals surface area (Å²) in [5.74, 6) is -0.780.